The fourth-order valence-corrected chi connectivity index (χ4v) is 3.17. The second-order valence-electron chi connectivity index (χ2n) is 11.1. The number of alkyl carbamates (subject to hydrolysis) is 1. The van der Waals surface area contributed by atoms with Crippen LogP contribution in [0.15, 0.2) is 18.5 Å². The number of carbonyl (C=O) groups is 1. The van der Waals surface area contributed by atoms with Crippen LogP contribution < -0.4 is 16.4 Å². The molecule has 0 aromatic carbocycles. The maximum Gasteiger partial charge on any atom is 0.416 e. The molecule has 0 radical (unpaired) electrons. The van der Waals surface area contributed by atoms with Gasteiger partial charge in [0.2, 0.25) is 0 Å². The summed E-state index contributed by atoms with van der Waals surface area (Å²) in [5.41, 5.74) is 0.217. The lowest BCUT2D eigenvalue weighted by atomic mass is 10.0. The van der Waals surface area contributed by atoms with Crippen molar-refractivity contribution in [3.63, 3.8) is 0 Å². The van der Waals surface area contributed by atoms with E-state index in [9.17, 15) is 31.1 Å². The number of fused-ring (bicyclic) bond motifs is 1. The van der Waals surface area contributed by atoms with Gasteiger partial charge in [-0.1, -0.05) is 0 Å². The first-order valence-corrected chi connectivity index (χ1v) is 12.2. The lowest BCUT2D eigenvalue weighted by Crippen LogP contribution is -2.57. The molecule has 1 unspecified atom stereocenters. The van der Waals surface area contributed by atoms with Gasteiger partial charge in [0.15, 0.2) is 11.2 Å². The number of amides is 1. The summed E-state index contributed by atoms with van der Waals surface area (Å²) in [5.74, 6) is 0. The molecule has 4 N–H and O–H groups in total. The first-order valence-electron chi connectivity index (χ1n) is 12.2. The molecule has 2 heterocycles. The van der Waals surface area contributed by atoms with Crippen molar-refractivity contribution < 1.29 is 45.3 Å². The van der Waals surface area contributed by atoms with E-state index in [1.54, 1.807) is 20.8 Å². The maximum absolute atomic E-state index is 13.4. The average molecular weight is 587 g/mol. The summed E-state index contributed by atoms with van der Waals surface area (Å²) >= 11 is 0. The van der Waals surface area contributed by atoms with Gasteiger partial charge < -0.3 is 30.6 Å². The molecule has 0 aliphatic carbocycles. The quantitative estimate of drug-likeness (QED) is 0.335. The fraction of sp³-hybridized carbons (Fsp3) is 0.708. The molecule has 0 saturated carbocycles. The summed E-state index contributed by atoms with van der Waals surface area (Å²) < 4.78 is 96.5. The molecule has 0 saturated heterocycles. The fourth-order valence-electron chi connectivity index (χ4n) is 3.17. The lowest BCUT2D eigenvalue weighted by molar-refractivity contribution is -0.265. The van der Waals surface area contributed by atoms with E-state index in [4.69, 9.17) is 19.9 Å². The van der Waals surface area contributed by atoms with E-state index in [2.05, 4.69) is 20.7 Å². The van der Waals surface area contributed by atoms with Crippen LogP contribution in [0.2, 0.25) is 0 Å². The molecule has 2 rings (SSSR count). The molecule has 2 aromatic heterocycles. The molecule has 0 aliphatic rings. The van der Waals surface area contributed by atoms with Crippen molar-refractivity contribution in [3.05, 3.63) is 29.7 Å². The first-order chi connectivity index (χ1) is 18.1. The SMILES string of the molecule is COCC(NC[C@](C)(N)C(F)(F)F)c1cnn2cc([C@H](COC(C)(C)C(F)(F)F)NC(=O)OC(C)(C)C)nc2c1. The Labute approximate surface area is 227 Å². The van der Waals surface area contributed by atoms with Gasteiger partial charge in [-0.3, -0.25) is 0 Å². The zero-order valence-corrected chi connectivity index (χ0v) is 23.3. The summed E-state index contributed by atoms with van der Waals surface area (Å²) in [6.07, 6.45) is -7.50. The first kappa shape index (κ1) is 33.5. The highest BCUT2D eigenvalue weighted by Crippen LogP contribution is 2.34. The van der Waals surface area contributed by atoms with Crippen LogP contribution in [0.1, 0.15) is 64.9 Å². The monoisotopic (exact) mass is 586 g/mol. The van der Waals surface area contributed by atoms with Gasteiger partial charge in [-0.25, -0.2) is 14.3 Å². The number of aromatic nitrogens is 3. The topological polar surface area (TPSA) is 125 Å². The van der Waals surface area contributed by atoms with Crippen LogP contribution in [0.25, 0.3) is 5.65 Å². The highest BCUT2D eigenvalue weighted by Gasteiger charge is 2.49. The van der Waals surface area contributed by atoms with Crippen LogP contribution in [-0.2, 0) is 14.2 Å². The number of carbonyl (C=O) groups excluding carboxylic acids is 1. The van der Waals surface area contributed by atoms with Crippen molar-refractivity contribution in [2.75, 3.05) is 26.9 Å². The van der Waals surface area contributed by atoms with Gasteiger partial charge in [0, 0.05) is 13.7 Å². The van der Waals surface area contributed by atoms with E-state index in [0.29, 0.717) is 5.56 Å². The van der Waals surface area contributed by atoms with Crippen LogP contribution in [0.4, 0.5) is 31.1 Å². The van der Waals surface area contributed by atoms with Gasteiger partial charge >= 0.3 is 18.4 Å². The van der Waals surface area contributed by atoms with Gasteiger partial charge in [0.25, 0.3) is 0 Å². The number of methoxy groups -OCH3 is 1. The Hall–Kier alpha value is -2.69. The standard InChI is InChI=1S/C24H36F6N6O4/c1-20(2,3)40-19(37)35-17(12-39-21(4,5)23(25,26)27)15-10-36-18(34-15)8-14(9-33-36)16(11-38-7)32-13-22(6,31)24(28,29)30/h8-10,16-17,32H,11-13,31H2,1-7H3,(H,35,37)/t16?,17-,22-/m0/s1. The predicted octanol–water partition coefficient (Wildman–Crippen LogP) is 4.21. The van der Waals surface area contributed by atoms with Gasteiger partial charge in [0.1, 0.15) is 11.1 Å². The zero-order chi connectivity index (χ0) is 30.7. The summed E-state index contributed by atoms with van der Waals surface area (Å²) in [6, 6.07) is -0.404. The van der Waals surface area contributed by atoms with Crippen molar-refractivity contribution in [1.82, 2.24) is 25.2 Å². The van der Waals surface area contributed by atoms with Gasteiger partial charge in [-0.15, -0.1) is 0 Å². The molecule has 40 heavy (non-hydrogen) atoms. The van der Waals surface area contributed by atoms with Crippen molar-refractivity contribution in [1.29, 1.82) is 0 Å². The second-order valence-corrected chi connectivity index (χ2v) is 11.1. The lowest BCUT2D eigenvalue weighted by Gasteiger charge is -2.30. The van der Waals surface area contributed by atoms with Crippen LogP contribution in [0.5, 0.6) is 0 Å². The van der Waals surface area contributed by atoms with Gasteiger partial charge in [0.05, 0.1) is 43.4 Å². The molecule has 0 aliphatic heterocycles. The minimum absolute atomic E-state index is 0.0253. The number of rotatable bonds is 11. The van der Waals surface area contributed by atoms with E-state index in [0.717, 1.165) is 20.8 Å². The van der Waals surface area contributed by atoms with Crippen LogP contribution in [0, 0.1) is 0 Å². The third-order valence-corrected chi connectivity index (χ3v) is 5.80. The third kappa shape index (κ3) is 8.91. The molecule has 2 aromatic rings. The van der Waals surface area contributed by atoms with E-state index in [-0.39, 0.29) is 17.9 Å². The number of hydrogen-bond donors (Lipinski definition) is 3. The number of nitrogens with one attached hydrogen (secondary N) is 2. The molecular weight excluding hydrogens is 550 g/mol. The smallest absolute Gasteiger partial charge is 0.416 e. The van der Waals surface area contributed by atoms with E-state index >= 15 is 0 Å². The second kappa shape index (κ2) is 12.0. The summed E-state index contributed by atoms with van der Waals surface area (Å²) in [6.45, 7) is 6.16. The highest BCUT2D eigenvalue weighted by molar-refractivity contribution is 5.68. The number of alkyl halides is 6. The Bertz CT molecular complexity index is 1140. The molecule has 1 amide bonds. The molecule has 228 valence electrons. The van der Waals surface area contributed by atoms with Crippen molar-refractivity contribution >= 4 is 11.7 Å². The molecule has 0 bridgehead atoms. The Kier molecular flexibility index (Phi) is 10.1. The van der Waals surface area contributed by atoms with Gasteiger partial charge in [-0.2, -0.15) is 31.4 Å². The van der Waals surface area contributed by atoms with Crippen molar-refractivity contribution in [3.8, 4) is 0 Å². The normalized spacial score (nSPS) is 16.4. The molecule has 0 fully saturated rings. The average Bonchev–Trinajstić information content (AvgIpc) is 3.20. The van der Waals surface area contributed by atoms with E-state index < -0.39 is 60.4 Å². The summed E-state index contributed by atoms with van der Waals surface area (Å²) in [4.78, 5) is 16.8. The van der Waals surface area contributed by atoms with Crippen molar-refractivity contribution in [2.45, 2.75) is 82.7 Å². The largest absolute Gasteiger partial charge is 0.444 e. The highest BCUT2D eigenvalue weighted by atomic mass is 19.4. The number of halogens is 6. The summed E-state index contributed by atoms with van der Waals surface area (Å²) in [7, 11) is 1.37. The molecule has 16 heteroatoms. The van der Waals surface area contributed by atoms with E-state index in [1.807, 2.05) is 0 Å². The number of ether oxygens (including phenoxy) is 3. The number of hydrogen-bond acceptors (Lipinski definition) is 8. The molecular formula is C24H36F6N6O4. The van der Waals surface area contributed by atoms with Crippen LogP contribution >= 0.6 is 0 Å². The molecule has 3 atom stereocenters. The zero-order valence-electron chi connectivity index (χ0n) is 23.3. The number of imidazole rings is 1. The third-order valence-electron chi connectivity index (χ3n) is 5.80. The molecule has 10 nitrogen and oxygen atoms in total. The Morgan fingerprint density at radius 2 is 1.65 bits per heavy atom. The number of nitrogens with zero attached hydrogens (tertiary/aromatic N) is 3. The van der Waals surface area contributed by atoms with Gasteiger partial charge in [-0.05, 0) is 53.2 Å². The van der Waals surface area contributed by atoms with Crippen LogP contribution in [0.3, 0.4) is 0 Å². The number of nitrogens with two attached hydrogens (primary N) is 1. The Morgan fingerprint density at radius 1 is 1.02 bits per heavy atom. The summed E-state index contributed by atoms with van der Waals surface area (Å²) in [5, 5.41) is 9.41. The maximum atomic E-state index is 13.4. The Morgan fingerprint density at radius 3 is 2.17 bits per heavy atom. The van der Waals surface area contributed by atoms with E-state index in [1.165, 1.54) is 30.1 Å². The molecule has 0 spiro atoms. The van der Waals surface area contributed by atoms with Crippen LogP contribution in [-0.4, -0.2) is 76.7 Å². The predicted molar refractivity (Wildman–Crippen MR) is 132 cm³/mol. The minimum atomic E-state index is -4.69. The minimum Gasteiger partial charge on any atom is -0.444 e. The Balaban J connectivity index is 2.37. The van der Waals surface area contributed by atoms with Crippen molar-refractivity contribution in [2.24, 2.45) is 5.73 Å².